The van der Waals surface area contributed by atoms with Crippen molar-refractivity contribution in [1.82, 2.24) is 24.9 Å². The van der Waals surface area contributed by atoms with Gasteiger partial charge in [0.25, 0.3) is 0 Å². The van der Waals surface area contributed by atoms with Gasteiger partial charge in [0.2, 0.25) is 11.9 Å². The van der Waals surface area contributed by atoms with Gasteiger partial charge in [-0.25, -0.2) is 9.97 Å². The van der Waals surface area contributed by atoms with Crippen LogP contribution in [-0.4, -0.2) is 45.2 Å². The second-order valence-corrected chi connectivity index (χ2v) is 7.10. The van der Waals surface area contributed by atoms with Crippen LogP contribution in [0.4, 0.5) is 14.7 Å². The van der Waals surface area contributed by atoms with E-state index in [1.807, 2.05) is 31.2 Å². The molecule has 1 atom stereocenters. The number of anilines is 1. The van der Waals surface area contributed by atoms with E-state index >= 15 is 0 Å². The molecule has 2 heterocycles. The van der Waals surface area contributed by atoms with Crippen molar-refractivity contribution >= 4 is 28.4 Å². The summed E-state index contributed by atoms with van der Waals surface area (Å²) in [6, 6.07) is 13.2. The molecular weight excluding hydrogens is 418 g/mol. The number of aromatic nitrogens is 4. The summed E-state index contributed by atoms with van der Waals surface area (Å²) >= 11 is 0. The Morgan fingerprint density at radius 3 is 2.62 bits per heavy atom. The molecule has 166 valence electrons. The largest absolute Gasteiger partial charge is 0.434 e. The minimum absolute atomic E-state index is 0.0283. The van der Waals surface area contributed by atoms with E-state index in [4.69, 9.17) is 0 Å². The summed E-state index contributed by atoms with van der Waals surface area (Å²) in [7, 11) is 1.57. The van der Waals surface area contributed by atoms with Gasteiger partial charge in [-0.3, -0.25) is 4.79 Å². The number of ether oxygens (including phenoxy) is 1. The first-order chi connectivity index (χ1) is 15.5. The van der Waals surface area contributed by atoms with E-state index in [9.17, 15) is 13.6 Å². The fraction of sp³-hybridized carbons (Fsp3) is 0.273. The Bertz CT molecular complexity index is 1260. The molecule has 4 aromatic rings. The van der Waals surface area contributed by atoms with E-state index < -0.39 is 12.7 Å². The molecule has 0 unspecified atom stereocenters. The lowest BCUT2D eigenvalue weighted by atomic mass is 10.1. The Kier molecular flexibility index (Phi) is 6.11. The van der Waals surface area contributed by atoms with Gasteiger partial charge in [-0.15, -0.1) is 5.10 Å². The Balaban J connectivity index is 1.89. The number of rotatable bonds is 8. The van der Waals surface area contributed by atoms with Crippen LogP contribution >= 0.6 is 0 Å². The number of likely N-dealkylation sites (N-methyl/N-ethyl adjacent to an activating group) is 1. The Morgan fingerprint density at radius 2 is 1.88 bits per heavy atom. The Hall–Kier alpha value is -3.82. The molecular formula is C22H22F2N6O2. The second kappa shape index (κ2) is 9.13. The van der Waals surface area contributed by atoms with E-state index in [1.165, 1.54) is 10.6 Å². The highest BCUT2D eigenvalue weighted by molar-refractivity contribution is 5.93. The third kappa shape index (κ3) is 4.16. The first-order valence-electron chi connectivity index (χ1n) is 10.2. The number of alkyl halides is 2. The van der Waals surface area contributed by atoms with Crippen molar-refractivity contribution in [1.29, 1.82) is 0 Å². The third-order valence-electron chi connectivity index (χ3n) is 4.97. The number of nitrogens with one attached hydrogen (secondary N) is 2. The molecule has 4 rings (SSSR count). The Labute approximate surface area is 182 Å². The number of hydrogen-bond acceptors (Lipinski definition) is 6. The lowest BCUT2D eigenvalue weighted by Gasteiger charge is -2.17. The maximum Gasteiger partial charge on any atom is 0.387 e. The molecule has 0 radical (unpaired) electrons. The van der Waals surface area contributed by atoms with Crippen molar-refractivity contribution in [2.45, 2.75) is 32.4 Å². The molecule has 2 aromatic carbocycles. The molecule has 0 aliphatic rings. The summed E-state index contributed by atoms with van der Waals surface area (Å²) in [5.74, 6) is 0.326. The minimum Gasteiger partial charge on any atom is -0.434 e. The molecule has 32 heavy (non-hydrogen) atoms. The summed E-state index contributed by atoms with van der Waals surface area (Å²) in [5, 5.41) is 11.1. The van der Waals surface area contributed by atoms with E-state index in [2.05, 4.69) is 30.4 Å². The van der Waals surface area contributed by atoms with Gasteiger partial charge in [-0.05, 0) is 30.7 Å². The van der Waals surface area contributed by atoms with E-state index in [0.717, 1.165) is 11.8 Å². The zero-order valence-corrected chi connectivity index (χ0v) is 17.5. The number of carbonyl (C=O) groups is 1. The SMILES string of the molecule is CCC[C@@H](Nc1nc2ccccc2c2nc(-c3ccccc3OC(F)F)nn12)C(=O)NC. The smallest absolute Gasteiger partial charge is 0.387 e. The lowest BCUT2D eigenvalue weighted by Crippen LogP contribution is -2.38. The fourth-order valence-corrected chi connectivity index (χ4v) is 3.50. The normalized spacial score (nSPS) is 12.3. The molecule has 0 saturated carbocycles. The number of fused-ring (bicyclic) bond motifs is 3. The number of carbonyl (C=O) groups excluding carboxylic acids is 1. The van der Waals surface area contributed by atoms with Crippen LogP contribution in [-0.2, 0) is 4.79 Å². The number of para-hydroxylation sites is 2. The van der Waals surface area contributed by atoms with Crippen molar-refractivity contribution < 1.29 is 18.3 Å². The van der Waals surface area contributed by atoms with Crippen molar-refractivity contribution in [3.8, 4) is 17.1 Å². The zero-order valence-electron chi connectivity index (χ0n) is 17.5. The number of benzene rings is 2. The minimum atomic E-state index is -2.98. The highest BCUT2D eigenvalue weighted by Gasteiger charge is 2.22. The Morgan fingerprint density at radius 1 is 1.12 bits per heavy atom. The highest BCUT2D eigenvalue weighted by atomic mass is 19.3. The number of amides is 1. The predicted molar refractivity (Wildman–Crippen MR) is 117 cm³/mol. The summed E-state index contributed by atoms with van der Waals surface area (Å²) in [5.41, 5.74) is 1.46. The van der Waals surface area contributed by atoms with Crippen molar-refractivity contribution in [3.63, 3.8) is 0 Å². The summed E-state index contributed by atoms with van der Waals surface area (Å²) < 4.78 is 31.9. The monoisotopic (exact) mass is 440 g/mol. The second-order valence-electron chi connectivity index (χ2n) is 7.10. The average molecular weight is 440 g/mol. The fourth-order valence-electron chi connectivity index (χ4n) is 3.50. The van der Waals surface area contributed by atoms with Crippen molar-refractivity contribution in [3.05, 3.63) is 48.5 Å². The maximum atomic E-state index is 12.9. The molecule has 10 heteroatoms. The van der Waals surface area contributed by atoms with Crippen LogP contribution in [0.2, 0.25) is 0 Å². The summed E-state index contributed by atoms with van der Waals surface area (Å²) in [6.07, 6.45) is 1.37. The maximum absolute atomic E-state index is 12.9. The molecule has 2 aromatic heterocycles. The van der Waals surface area contributed by atoms with Crippen molar-refractivity contribution in [2.24, 2.45) is 0 Å². The van der Waals surface area contributed by atoms with Crippen LogP contribution < -0.4 is 15.4 Å². The highest BCUT2D eigenvalue weighted by Crippen LogP contribution is 2.31. The first-order valence-corrected chi connectivity index (χ1v) is 10.2. The van der Waals surface area contributed by atoms with Gasteiger partial charge in [0.15, 0.2) is 11.5 Å². The topological polar surface area (TPSA) is 93.4 Å². The van der Waals surface area contributed by atoms with Crippen LogP contribution in [0, 0.1) is 0 Å². The van der Waals surface area contributed by atoms with E-state index in [-0.39, 0.29) is 17.5 Å². The van der Waals surface area contributed by atoms with Crippen LogP contribution in [0.1, 0.15) is 19.8 Å². The molecule has 0 saturated heterocycles. The standard InChI is InChI=1S/C22H22F2N6O2/c1-3-8-16(20(31)25-2)27-22-26-15-11-6-4-9-13(15)19-28-18(29-30(19)22)14-10-5-7-12-17(14)32-21(23)24/h4-7,9-12,16,21H,3,8H2,1-2H3,(H,25,31)(H,26,27)/t16-/m1/s1. The number of nitrogens with zero attached hydrogens (tertiary/aromatic N) is 4. The van der Waals surface area contributed by atoms with Gasteiger partial charge in [0, 0.05) is 12.4 Å². The van der Waals surface area contributed by atoms with Crippen LogP contribution in [0.15, 0.2) is 48.5 Å². The van der Waals surface area contributed by atoms with Crippen LogP contribution in [0.3, 0.4) is 0 Å². The molecule has 0 aliphatic carbocycles. The van der Waals surface area contributed by atoms with E-state index in [1.54, 1.807) is 25.2 Å². The van der Waals surface area contributed by atoms with Crippen LogP contribution in [0.5, 0.6) is 5.75 Å². The lowest BCUT2D eigenvalue weighted by molar-refractivity contribution is -0.121. The van der Waals surface area contributed by atoms with Gasteiger partial charge in [0.05, 0.1) is 11.1 Å². The van der Waals surface area contributed by atoms with Gasteiger partial charge in [0.1, 0.15) is 11.8 Å². The van der Waals surface area contributed by atoms with Gasteiger partial charge >= 0.3 is 6.61 Å². The molecule has 1 amide bonds. The van der Waals surface area contributed by atoms with E-state index in [0.29, 0.717) is 29.1 Å². The molecule has 0 spiro atoms. The van der Waals surface area contributed by atoms with Gasteiger partial charge in [-0.2, -0.15) is 13.3 Å². The molecule has 0 aliphatic heterocycles. The molecule has 0 fully saturated rings. The quantitative estimate of drug-likeness (QED) is 0.432. The average Bonchev–Trinajstić information content (AvgIpc) is 3.24. The zero-order chi connectivity index (χ0) is 22.7. The predicted octanol–water partition coefficient (Wildman–Crippen LogP) is 3.87. The number of hydrogen-bond donors (Lipinski definition) is 2. The first kappa shape index (κ1) is 21.4. The number of halogens is 2. The molecule has 8 nitrogen and oxygen atoms in total. The molecule has 2 N–H and O–H groups in total. The molecule has 0 bridgehead atoms. The van der Waals surface area contributed by atoms with Crippen LogP contribution in [0.25, 0.3) is 27.9 Å². The third-order valence-corrected chi connectivity index (χ3v) is 4.97. The van der Waals surface area contributed by atoms with Gasteiger partial charge < -0.3 is 15.4 Å². The van der Waals surface area contributed by atoms with Gasteiger partial charge in [-0.1, -0.05) is 37.6 Å². The van der Waals surface area contributed by atoms with Crippen molar-refractivity contribution in [2.75, 3.05) is 12.4 Å². The summed E-state index contributed by atoms with van der Waals surface area (Å²) in [6.45, 7) is -0.996. The summed E-state index contributed by atoms with van der Waals surface area (Å²) in [4.78, 5) is 21.6.